The fourth-order valence-electron chi connectivity index (χ4n) is 1.87. The number of aryl methyl sites for hydroxylation is 2. The van der Waals surface area contributed by atoms with Crippen molar-refractivity contribution in [2.45, 2.75) is 13.8 Å². The Morgan fingerprint density at radius 2 is 1.67 bits per heavy atom. The number of carboxylic acid groups (broad SMARTS) is 1. The monoisotopic (exact) mass is 283 g/mol. The molecule has 0 bridgehead atoms. The molecule has 0 aromatic heterocycles. The molecule has 21 heavy (non-hydrogen) atoms. The summed E-state index contributed by atoms with van der Waals surface area (Å²) < 4.78 is 0. The maximum absolute atomic E-state index is 10.8. The van der Waals surface area contributed by atoms with Gasteiger partial charge >= 0.3 is 5.97 Å². The van der Waals surface area contributed by atoms with Crippen LogP contribution in [0.1, 0.15) is 21.5 Å². The van der Waals surface area contributed by atoms with Gasteiger partial charge in [-0.3, -0.25) is 0 Å². The van der Waals surface area contributed by atoms with Crippen LogP contribution in [-0.2, 0) is 0 Å². The van der Waals surface area contributed by atoms with Crippen molar-refractivity contribution >= 4 is 23.0 Å². The highest BCUT2D eigenvalue weighted by atomic mass is 16.4. The van der Waals surface area contributed by atoms with E-state index in [2.05, 4.69) is 15.5 Å². The van der Waals surface area contributed by atoms with Crippen molar-refractivity contribution in [3.05, 3.63) is 53.1 Å². The first-order valence-electron chi connectivity index (χ1n) is 6.55. The van der Waals surface area contributed by atoms with Crippen molar-refractivity contribution in [1.29, 1.82) is 0 Å². The zero-order valence-electron chi connectivity index (χ0n) is 12.2. The van der Waals surface area contributed by atoms with Crippen LogP contribution in [0.15, 0.2) is 46.6 Å². The van der Waals surface area contributed by atoms with Crippen LogP contribution in [0, 0.1) is 13.8 Å². The Kier molecular flexibility index (Phi) is 4.33. The minimum atomic E-state index is -0.954. The Hall–Kier alpha value is -2.69. The number of hydrogen-bond acceptors (Lipinski definition) is 4. The zero-order valence-corrected chi connectivity index (χ0v) is 12.2. The van der Waals surface area contributed by atoms with E-state index in [4.69, 9.17) is 5.11 Å². The molecule has 2 aromatic rings. The fraction of sp³-hybridized carbons (Fsp3) is 0.188. The van der Waals surface area contributed by atoms with Gasteiger partial charge in [-0.05, 0) is 61.4 Å². The van der Waals surface area contributed by atoms with Gasteiger partial charge in [-0.25, -0.2) is 4.79 Å². The molecule has 0 amide bonds. The Labute approximate surface area is 123 Å². The fourth-order valence-corrected chi connectivity index (χ4v) is 1.87. The van der Waals surface area contributed by atoms with Crippen LogP contribution in [0.4, 0.5) is 17.1 Å². The highest BCUT2D eigenvalue weighted by molar-refractivity contribution is 5.87. The Morgan fingerprint density at radius 1 is 1.05 bits per heavy atom. The summed E-state index contributed by atoms with van der Waals surface area (Å²) in [6.07, 6.45) is 0. The first kappa shape index (κ1) is 14.7. The third-order valence-corrected chi connectivity index (χ3v) is 3.27. The lowest BCUT2D eigenvalue weighted by Crippen LogP contribution is -1.94. The quantitative estimate of drug-likeness (QED) is 0.813. The van der Waals surface area contributed by atoms with Crippen molar-refractivity contribution in [3.8, 4) is 0 Å². The van der Waals surface area contributed by atoms with E-state index in [0.29, 0.717) is 5.69 Å². The molecule has 2 aromatic carbocycles. The van der Waals surface area contributed by atoms with Crippen molar-refractivity contribution in [1.82, 2.24) is 0 Å². The van der Waals surface area contributed by atoms with Gasteiger partial charge in [-0.1, -0.05) is 0 Å². The van der Waals surface area contributed by atoms with Gasteiger partial charge in [0.2, 0.25) is 0 Å². The molecule has 0 fully saturated rings. The number of hydrogen-bond donors (Lipinski definition) is 2. The number of aromatic carboxylic acids is 1. The average molecular weight is 283 g/mol. The summed E-state index contributed by atoms with van der Waals surface area (Å²) in [7, 11) is 1.84. The average Bonchev–Trinajstić information content (AvgIpc) is 2.48. The van der Waals surface area contributed by atoms with E-state index in [9.17, 15) is 4.79 Å². The number of nitrogens with zero attached hydrogens (tertiary/aromatic N) is 2. The van der Waals surface area contributed by atoms with E-state index >= 15 is 0 Å². The number of carbonyl (C=O) groups is 1. The van der Waals surface area contributed by atoms with E-state index in [1.165, 1.54) is 17.7 Å². The molecule has 0 heterocycles. The van der Waals surface area contributed by atoms with Crippen molar-refractivity contribution in [2.24, 2.45) is 10.2 Å². The molecule has 2 N–H and O–H groups in total. The predicted molar refractivity (Wildman–Crippen MR) is 83.0 cm³/mol. The molecule has 0 atom stereocenters. The standard InChI is InChI=1S/C16H17N3O2/c1-10-8-14(17-3)15(9-11(10)2)19-18-13-6-4-12(5-7-13)16(20)21/h4-9,17H,1-3H3,(H,20,21). The molecule has 0 saturated heterocycles. The number of anilines is 1. The summed E-state index contributed by atoms with van der Waals surface area (Å²) in [5.74, 6) is -0.954. The molecular formula is C16H17N3O2. The zero-order chi connectivity index (χ0) is 15.4. The SMILES string of the molecule is CNc1cc(C)c(C)cc1N=Nc1ccc(C(=O)O)cc1. The minimum Gasteiger partial charge on any atom is -0.478 e. The molecule has 2 rings (SSSR count). The van der Waals surface area contributed by atoms with E-state index < -0.39 is 5.97 Å². The van der Waals surface area contributed by atoms with Gasteiger partial charge in [0.05, 0.1) is 16.9 Å². The van der Waals surface area contributed by atoms with Crippen LogP contribution in [0.5, 0.6) is 0 Å². The summed E-state index contributed by atoms with van der Waals surface area (Å²) in [4.78, 5) is 10.8. The Bertz CT molecular complexity index is 691. The summed E-state index contributed by atoms with van der Waals surface area (Å²) >= 11 is 0. The Morgan fingerprint density at radius 3 is 2.24 bits per heavy atom. The number of carboxylic acids is 1. The predicted octanol–water partition coefficient (Wildman–Crippen LogP) is 4.46. The molecule has 5 nitrogen and oxygen atoms in total. The molecule has 5 heteroatoms. The summed E-state index contributed by atoms with van der Waals surface area (Å²) in [6, 6.07) is 10.3. The lowest BCUT2D eigenvalue weighted by molar-refractivity contribution is 0.0697. The smallest absolute Gasteiger partial charge is 0.335 e. The van der Waals surface area contributed by atoms with E-state index in [1.807, 2.05) is 33.0 Å². The summed E-state index contributed by atoms with van der Waals surface area (Å²) in [5, 5.41) is 20.3. The number of benzene rings is 2. The molecule has 0 aliphatic rings. The van der Waals surface area contributed by atoms with E-state index in [1.54, 1.807) is 12.1 Å². The second-order valence-electron chi connectivity index (χ2n) is 4.76. The molecule has 0 aliphatic carbocycles. The van der Waals surface area contributed by atoms with Crippen LogP contribution in [-0.4, -0.2) is 18.1 Å². The largest absolute Gasteiger partial charge is 0.478 e. The topological polar surface area (TPSA) is 74.0 Å². The molecular weight excluding hydrogens is 266 g/mol. The first-order valence-corrected chi connectivity index (χ1v) is 6.55. The highest BCUT2D eigenvalue weighted by Crippen LogP contribution is 2.29. The van der Waals surface area contributed by atoms with Crippen LogP contribution < -0.4 is 5.32 Å². The van der Waals surface area contributed by atoms with Crippen LogP contribution in [0.25, 0.3) is 0 Å². The van der Waals surface area contributed by atoms with Gasteiger partial charge in [-0.2, -0.15) is 5.11 Å². The third-order valence-electron chi connectivity index (χ3n) is 3.27. The number of nitrogens with one attached hydrogen (secondary N) is 1. The van der Waals surface area contributed by atoms with E-state index in [0.717, 1.165) is 16.9 Å². The van der Waals surface area contributed by atoms with Crippen molar-refractivity contribution < 1.29 is 9.90 Å². The highest BCUT2D eigenvalue weighted by Gasteiger charge is 2.04. The maximum Gasteiger partial charge on any atom is 0.335 e. The Balaban J connectivity index is 2.28. The first-order chi connectivity index (χ1) is 10.0. The van der Waals surface area contributed by atoms with Gasteiger partial charge in [0.1, 0.15) is 5.69 Å². The summed E-state index contributed by atoms with van der Waals surface area (Å²) in [5.41, 5.74) is 4.83. The molecule has 0 unspecified atom stereocenters. The normalized spacial score (nSPS) is 10.8. The summed E-state index contributed by atoms with van der Waals surface area (Å²) in [6.45, 7) is 4.07. The maximum atomic E-state index is 10.8. The molecule has 0 spiro atoms. The van der Waals surface area contributed by atoms with E-state index in [-0.39, 0.29) is 5.56 Å². The third kappa shape index (κ3) is 3.45. The second-order valence-corrected chi connectivity index (χ2v) is 4.76. The number of azo groups is 1. The lowest BCUT2D eigenvalue weighted by Gasteiger charge is -2.08. The molecule has 0 saturated carbocycles. The van der Waals surface area contributed by atoms with Crippen molar-refractivity contribution in [2.75, 3.05) is 12.4 Å². The van der Waals surface area contributed by atoms with Crippen LogP contribution in [0.2, 0.25) is 0 Å². The van der Waals surface area contributed by atoms with Gasteiger partial charge in [0.15, 0.2) is 0 Å². The van der Waals surface area contributed by atoms with Gasteiger partial charge in [-0.15, -0.1) is 5.11 Å². The van der Waals surface area contributed by atoms with Gasteiger partial charge in [0, 0.05) is 7.05 Å². The minimum absolute atomic E-state index is 0.232. The van der Waals surface area contributed by atoms with Crippen LogP contribution >= 0.6 is 0 Å². The molecule has 108 valence electrons. The van der Waals surface area contributed by atoms with Crippen molar-refractivity contribution in [3.63, 3.8) is 0 Å². The number of rotatable bonds is 4. The molecule has 0 aliphatic heterocycles. The van der Waals surface area contributed by atoms with Gasteiger partial charge < -0.3 is 10.4 Å². The van der Waals surface area contributed by atoms with Gasteiger partial charge in [0.25, 0.3) is 0 Å². The molecule has 0 radical (unpaired) electrons. The lowest BCUT2D eigenvalue weighted by atomic mass is 10.1. The second kappa shape index (κ2) is 6.17. The van der Waals surface area contributed by atoms with Crippen LogP contribution in [0.3, 0.4) is 0 Å².